The number of amides is 2. The van der Waals surface area contributed by atoms with Crippen LogP contribution >= 0.6 is 0 Å². The number of nitrogens with zero attached hydrogens (tertiary/aromatic N) is 2. The Kier molecular flexibility index (Phi) is 4.92. The molecule has 0 saturated carbocycles. The van der Waals surface area contributed by atoms with Gasteiger partial charge in [0.15, 0.2) is 0 Å². The molecule has 2 rings (SSSR count). The molecule has 1 fully saturated rings. The van der Waals surface area contributed by atoms with Crippen LogP contribution in [0.3, 0.4) is 0 Å². The van der Waals surface area contributed by atoms with Crippen LogP contribution in [-0.4, -0.2) is 52.1 Å². The van der Waals surface area contributed by atoms with E-state index in [1.54, 1.807) is 29.9 Å². The van der Waals surface area contributed by atoms with Crippen LogP contribution < -0.4 is 5.32 Å². The lowest BCUT2D eigenvalue weighted by Crippen LogP contribution is -2.48. The maximum absolute atomic E-state index is 11.9. The predicted molar refractivity (Wildman–Crippen MR) is 74.2 cm³/mol. The van der Waals surface area contributed by atoms with E-state index in [2.05, 4.69) is 5.32 Å². The molecule has 1 saturated heterocycles. The molecule has 6 heteroatoms. The minimum Gasteiger partial charge on any atom is -0.395 e. The number of aliphatic hydroxyl groups is 1. The Balaban J connectivity index is 1.89. The third-order valence-electron chi connectivity index (χ3n) is 3.74. The van der Waals surface area contributed by atoms with Crippen molar-refractivity contribution in [1.29, 1.82) is 0 Å². The summed E-state index contributed by atoms with van der Waals surface area (Å²) in [6, 6.07) is 3.45. The minimum absolute atomic E-state index is 0.0274. The van der Waals surface area contributed by atoms with Crippen LogP contribution in [0.5, 0.6) is 0 Å². The van der Waals surface area contributed by atoms with Crippen LogP contribution in [0, 0.1) is 0 Å². The number of aryl methyl sites for hydroxylation is 1. The Morgan fingerprint density at radius 2 is 2.25 bits per heavy atom. The first kappa shape index (κ1) is 14.7. The van der Waals surface area contributed by atoms with E-state index in [9.17, 15) is 14.7 Å². The number of imide groups is 1. The van der Waals surface area contributed by atoms with Gasteiger partial charge in [0.2, 0.25) is 5.91 Å². The monoisotopic (exact) mass is 279 g/mol. The maximum Gasteiger partial charge on any atom is 0.274 e. The summed E-state index contributed by atoms with van der Waals surface area (Å²) in [6.45, 7) is 0.997. The molecule has 1 aliphatic heterocycles. The molecular formula is C14H21N3O3. The quantitative estimate of drug-likeness (QED) is 0.821. The second-order valence-corrected chi connectivity index (χ2v) is 5.18. The fourth-order valence-electron chi connectivity index (χ4n) is 2.59. The molecule has 6 nitrogen and oxygen atoms in total. The van der Waals surface area contributed by atoms with Gasteiger partial charge in [-0.1, -0.05) is 6.42 Å². The van der Waals surface area contributed by atoms with E-state index >= 15 is 0 Å². The molecule has 0 bridgehead atoms. The molecule has 1 atom stereocenters. The number of likely N-dealkylation sites (tertiary alicyclic amines) is 1. The first-order valence-corrected chi connectivity index (χ1v) is 6.92. The highest BCUT2D eigenvalue weighted by Crippen LogP contribution is 2.15. The topological polar surface area (TPSA) is 74.6 Å². The van der Waals surface area contributed by atoms with E-state index in [1.165, 1.54) is 0 Å². The Morgan fingerprint density at radius 1 is 1.45 bits per heavy atom. The molecule has 1 aromatic rings. The molecule has 0 aliphatic carbocycles. The van der Waals surface area contributed by atoms with Gasteiger partial charge in [0.1, 0.15) is 5.69 Å². The summed E-state index contributed by atoms with van der Waals surface area (Å²) in [5.74, 6) is -0.711. The summed E-state index contributed by atoms with van der Waals surface area (Å²) >= 11 is 0. The number of hydrogen-bond acceptors (Lipinski definition) is 4. The van der Waals surface area contributed by atoms with Crippen molar-refractivity contribution in [2.75, 3.05) is 19.7 Å². The van der Waals surface area contributed by atoms with Crippen molar-refractivity contribution in [3.05, 3.63) is 24.0 Å². The highest BCUT2D eigenvalue weighted by molar-refractivity contribution is 6.04. The maximum atomic E-state index is 11.9. The lowest BCUT2D eigenvalue weighted by atomic mass is 10.0. The van der Waals surface area contributed by atoms with Gasteiger partial charge >= 0.3 is 0 Å². The molecule has 0 aromatic carbocycles. The molecule has 0 spiro atoms. The minimum atomic E-state index is -0.389. The second-order valence-electron chi connectivity index (χ2n) is 5.18. The first-order chi connectivity index (χ1) is 9.61. The lowest BCUT2D eigenvalue weighted by molar-refractivity contribution is -0.122. The normalized spacial score (nSPS) is 19.8. The van der Waals surface area contributed by atoms with E-state index in [1.807, 2.05) is 4.90 Å². The Hall–Kier alpha value is -1.66. The van der Waals surface area contributed by atoms with Gasteiger partial charge in [-0.3, -0.25) is 19.8 Å². The summed E-state index contributed by atoms with van der Waals surface area (Å²) in [5, 5.41) is 11.7. The van der Waals surface area contributed by atoms with E-state index in [-0.39, 0.29) is 31.0 Å². The van der Waals surface area contributed by atoms with Crippen LogP contribution in [0.25, 0.3) is 0 Å². The Bertz CT molecular complexity index is 484. The van der Waals surface area contributed by atoms with Crippen molar-refractivity contribution in [3.8, 4) is 0 Å². The number of nitrogens with one attached hydrogen (secondary N) is 1. The van der Waals surface area contributed by atoms with Gasteiger partial charge in [-0.25, -0.2) is 0 Å². The number of aliphatic hydroxyl groups excluding tert-OH is 1. The summed E-state index contributed by atoms with van der Waals surface area (Å²) in [4.78, 5) is 25.8. The van der Waals surface area contributed by atoms with E-state index in [0.717, 1.165) is 25.8 Å². The molecule has 2 N–H and O–H groups in total. The van der Waals surface area contributed by atoms with E-state index in [4.69, 9.17) is 0 Å². The van der Waals surface area contributed by atoms with Crippen molar-refractivity contribution in [2.45, 2.75) is 25.3 Å². The molecule has 1 aromatic heterocycles. The predicted octanol–water partition coefficient (Wildman–Crippen LogP) is 0.128. The summed E-state index contributed by atoms with van der Waals surface area (Å²) in [5.41, 5.74) is 0.454. The number of aromatic nitrogens is 1. The van der Waals surface area contributed by atoms with Crippen LogP contribution in [0.4, 0.5) is 0 Å². The molecule has 0 radical (unpaired) electrons. The lowest BCUT2D eigenvalue weighted by Gasteiger charge is -2.33. The summed E-state index contributed by atoms with van der Waals surface area (Å²) in [6.07, 6.45) is 4.75. The zero-order valence-corrected chi connectivity index (χ0v) is 11.7. The largest absolute Gasteiger partial charge is 0.395 e. The number of rotatable bonds is 4. The van der Waals surface area contributed by atoms with Gasteiger partial charge in [0.05, 0.1) is 13.2 Å². The summed E-state index contributed by atoms with van der Waals surface area (Å²) < 4.78 is 1.67. The smallest absolute Gasteiger partial charge is 0.274 e. The van der Waals surface area contributed by atoms with Gasteiger partial charge in [0, 0.05) is 19.3 Å². The molecule has 110 valence electrons. The third-order valence-corrected chi connectivity index (χ3v) is 3.74. The van der Waals surface area contributed by atoms with Gasteiger partial charge < -0.3 is 9.67 Å². The molecule has 1 unspecified atom stereocenters. The van der Waals surface area contributed by atoms with Crippen molar-refractivity contribution in [1.82, 2.24) is 14.8 Å². The molecular weight excluding hydrogens is 258 g/mol. The van der Waals surface area contributed by atoms with Gasteiger partial charge in [-0.2, -0.15) is 0 Å². The third kappa shape index (κ3) is 3.46. The summed E-state index contributed by atoms with van der Waals surface area (Å²) in [7, 11) is 1.76. The van der Waals surface area contributed by atoms with Gasteiger partial charge in [-0.05, 0) is 31.5 Å². The Labute approximate surface area is 118 Å². The number of carbonyl (C=O) groups is 2. The molecule has 20 heavy (non-hydrogen) atoms. The van der Waals surface area contributed by atoms with Crippen molar-refractivity contribution in [2.24, 2.45) is 7.05 Å². The van der Waals surface area contributed by atoms with Crippen molar-refractivity contribution < 1.29 is 14.7 Å². The SMILES string of the molecule is Cn1cccc1C(=O)NC(=O)CN1CCCCC1CO. The van der Waals surface area contributed by atoms with Crippen molar-refractivity contribution in [3.63, 3.8) is 0 Å². The highest BCUT2D eigenvalue weighted by atomic mass is 16.3. The zero-order valence-electron chi connectivity index (χ0n) is 11.7. The fraction of sp³-hybridized carbons (Fsp3) is 0.571. The van der Waals surface area contributed by atoms with Crippen LogP contribution in [0.2, 0.25) is 0 Å². The molecule has 2 amide bonds. The van der Waals surface area contributed by atoms with Crippen LogP contribution in [-0.2, 0) is 11.8 Å². The molecule has 1 aliphatic rings. The van der Waals surface area contributed by atoms with E-state index in [0.29, 0.717) is 5.69 Å². The van der Waals surface area contributed by atoms with Gasteiger partial charge in [0.25, 0.3) is 5.91 Å². The fourth-order valence-corrected chi connectivity index (χ4v) is 2.59. The second kappa shape index (κ2) is 6.67. The standard InChI is InChI=1S/C14H21N3O3/c1-16-7-4-6-12(16)14(20)15-13(19)9-17-8-3-2-5-11(17)10-18/h4,6-7,11,18H,2-3,5,8-10H2,1H3,(H,15,19,20). The average molecular weight is 279 g/mol. The van der Waals surface area contributed by atoms with Crippen LogP contribution in [0.1, 0.15) is 29.8 Å². The number of carbonyl (C=O) groups excluding carboxylic acids is 2. The van der Waals surface area contributed by atoms with E-state index < -0.39 is 0 Å². The first-order valence-electron chi connectivity index (χ1n) is 6.92. The molecule has 2 heterocycles. The Morgan fingerprint density at radius 3 is 2.90 bits per heavy atom. The number of piperidine rings is 1. The van der Waals surface area contributed by atoms with Crippen molar-refractivity contribution >= 4 is 11.8 Å². The van der Waals surface area contributed by atoms with Crippen LogP contribution in [0.15, 0.2) is 18.3 Å². The van der Waals surface area contributed by atoms with Gasteiger partial charge in [-0.15, -0.1) is 0 Å². The average Bonchev–Trinajstić information content (AvgIpc) is 2.85. The number of hydrogen-bond donors (Lipinski definition) is 2. The highest BCUT2D eigenvalue weighted by Gasteiger charge is 2.24. The zero-order chi connectivity index (χ0) is 14.5.